The predicted molar refractivity (Wildman–Crippen MR) is 59.3 cm³/mol. The Kier molecular flexibility index (Phi) is 4.63. The van der Waals surface area contributed by atoms with Gasteiger partial charge in [0.05, 0.1) is 6.61 Å². The van der Waals surface area contributed by atoms with Gasteiger partial charge < -0.3 is 15.6 Å². The van der Waals surface area contributed by atoms with Crippen LogP contribution in [0.15, 0.2) is 24.3 Å². The van der Waals surface area contributed by atoms with Crippen LogP contribution in [0.4, 0.5) is 0 Å². The average Bonchev–Trinajstić information content (AvgIpc) is 2.25. The molecule has 1 aromatic rings. The molecule has 0 spiro atoms. The molecular weight excluding hydrogens is 192 g/mol. The number of hydrogen-bond donors (Lipinski definition) is 3. The van der Waals surface area contributed by atoms with Gasteiger partial charge in [-0.25, -0.2) is 0 Å². The van der Waals surface area contributed by atoms with Gasteiger partial charge in [-0.05, 0) is 37.1 Å². The minimum absolute atomic E-state index is 0.0573. The first kappa shape index (κ1) is 11.5. The van der Waals surface area contributed by atoms with Gasteiger partial charge in [0.15, 0.2) is 0 Å². The molecule has 0 aromatic heterocycles. The summed E-state index contributed by atoms with van der Waals surface area (Å²) in [5.41, 5.74) is 6.01. The zero-order chi connectivity index (χ0) is 11.1. The molecule has 0 aliphatic rings. The van der Waals surface area contributed by atoms with Crippen molar-refractivity contribution in [3.05, 3.63) is 29.8 Å². The van der Waals surface area contributed by atoms with E-state index in [4.69, 9.17) is 21.0 Å². The lowest BCUT2D eigenvalue weighted by molar-refractivity contribution is 0.253. The molecule has 0 aliphatic heterocycles. The molecule has 0 radical (unpaired) electrons. The van der Waals surface area contributed by atoms with Crippen LogP contribution in [-0.2, 0) is 0 Å². The Labute approximate surface area is 89.2 Å². The molecule has 0 fully saturated rings. The number of nitrogen functional groups attached to an aromatic ring is 1. The summed E-state index contributed by atoms with van der Waals surface area (Å²) in [5.74, 6) is 0.819. The van der Waals surface area contributed by atoms with Crippen molar-refractivity contribution in [3.63, 3.8) is 0 Å². The van der Waals surface area contributed by atoms with E-state index in [9.17, 15) is 0 Å². The van der Waals surface area contributed by atoms with Gasteiger partial charge in [-0.3, -0.25) is 5.41 Å². The van der Waals surface area contributed by atoms with Crippen molar-refractivity contribution < 1.29 is 9.84 Å². The summed E-state index contributed by atoms with van der Waals surface area (Å²) in [4.78, 5) is 0. The van der Waals surface area contributed by atoms with Gasteiger partial charge in [-0.2, -0.15) is 0 Å². The second kappa shape index (κ2) is 6.03. The van der Waals surface area contributed by atoms with Gasteiger partial charge >= 0.3 is 0 Å². The van der Waals surface area contributed by atoms with Crippen molar-refractivity contribution in [2.45, 2.75) is 12.8 Å². The van der Waals surface area contributed by atoms with Gasteiger partial charge in [-0.1, -0.05) is 0 Å². The molecule has 4 nitrogen and oxygen atoms in total. The fourth-order valence-electron chi connectivity index (χ4n) is 1.13. The summed E-state index contributed by atoms with van der Waals surface area (Å²) in [6, 6.07) is 7.08. The van der Waals surface area contributed by atoms with Crippen molar-refractivity contribution >= 4 is 5.84 Å². The Morgan fingerprint density at radius 2 is 1.93 bits per heavy atom. The van der Waals surface area contributed by atoms with Crippen LogP contribution < -0.4 is 10.5 Å². The van der Waals surface area contributed by atoms with Crippen molar-refractivity contribution in [3.8, 4) is 5.75 Å². The van der Waals surface area contributed by atoms with E-state index in [1.54, 1.807) is 24.3 Å². The maximum absolute atomic E-state index is 8.57. The number of hydrogen-bond acceptors (Lipinski definition) is 3. The first-order valence-corrected chi connectivity index (χ1v) is 4.92. The Morgan fingerprint density at radius 1 is 1.27 bits per heavy atom. The molecule has 82 valence electrons. The number of unbranched alkanes of at least 4 members (excludes halogenated alkanes) is 1. The number of amidine groups is 1. The molecule has 0 saturated heterocycles. The third-order valence-electron chi connectivity index (χ3n) is 1.99. The Morgan fingerprint density at radius 3 is 2.47 bits per heavy atom. The second-order valence-corrected chi connectivity index (χ2v) is 3.22. The normalized spacial score (nSPS) is 9.93. The minimum Gasteiger partial charge on any atom is -0.494 e. The van der Waals surface area contributed by atoms with Gasteiger partial charge in [0, 0.05) is 12.2 Å². The molecule has 0 heterocycles. The molecule has 1 aromatic carbocycles. The summed E-state index contributed by atoms with van der Waals surface area (Å²) in [6.45, 7) is 0.798. The number of aliphatic hydroxyl groups is 1. The van der Waals surface area contributed by atoms with E-state index in [0.29, 0.717) is 12.2 Å². The molecule has 0 aliphatic carbocycles. The molecule has 4 heteroatoms. The number of nitrogens with two attached hydrogens (primary N) is 1. The second-order valence-electron chi connectivity index (χ2n) is 3.22. The number of ether oxygens (including phenoxy) is 1. The highest BCUT2D eigenvalue weighted by Crippen LogP contribution is 2.12. The lowest BCUT2D eigenvalue weighted by Gasteiger charge is -2.06. The Bertz CT molecular complexity index is 309. The van der Waals surface area contributed by atoms with E-state index >= 15 is 0 Å². The highest BCUT2D eigenvalue weighted by atomic mass is 16.5. The third kappa shape index (κ3) is 3.99. The predicted octanol–water partition coefficient (Wildman–Crippen LogP) is 1.12. The van der Waals surface area contributed by atoms with Crippen LogP contribution in [0.25, 0.3) is 0 Å². The lowest BCUT2D eigenvalue weighted by Crippen LogP contribution is -2.10. The fourth-order valence-corrected chi connectivity index (χ4v) is 1.13. The molecule has 0 unspecified atom stereocenters. The van der Waals surface area contributed by atoms with Crippen molar-refractivity contribution in [2.24, 2.45) is 5.73 Å². The molecule has 15 heavy (non-hydrogen) atoms. The molecule has 0 atom stereocenters. The molecule has 0 bridgehead atoms. The Hall–Kier alpha value is -1.55. The van der Waals surface area contributed by atoms with E-state index in [1.165, 1.54) is 0 Å². The number of benzene rings is 1. The van der Waals surface area contributed by atoms with E-state index in [0.717, 1.165) is 18.6 Å². The minimum atomic E-state index is 0.0573. The van der Waals surface area contributed by atoms with Crippen molar-refractivity contribution in [1.29, 1.82) is 5.41 Å². The van der Waals surface area contributed by atoms with E-state index in [2.05, 4.69) is 0 Å². The summed E-state index contributed by atoms with van der Waals surface area (Å²) in [5, 5.41) is 15.8. The van der Waals surface area contributed by atoms with Gasteiger partial charge in [-0.15, -0.1) is 0 Å². The number of rotatable bonds is 6. The van der Waals surface area contributed by atoms with Crippen molar-refractivity contribution in [2.75, 3.05) is 13.2 Å². The summed E-state index contributed by atoms with van der Waals surface area (Å²) in [6.07, 6.45) is 1.59. The summed E-state index contributed by atoms with van der Waals surface area (Å²) < 4.78 is 5.42. The fraction of sp³-hybridized carbons (Fsp3) is 0.364. The zero-order valence-electron chi connectivity index (χ0n) is 8.57. The van der Waals surface area contributed by atoms with Crippen LogP contribution in [-0.4, -0.2) is 24.2 Å². The van der Waals surface area contributed by atoms with E-state index in [-0.39, 0.29) is 12.4 Å². The SMILES string of the molecule is N=C(N)c1ccc(OCCCCO)cc1. The van der Waals surface area contributed by atoms with Crippen molar-refractivity contribution in [1.82, 2.24) is 0 Å². The van der Waals surface area contributed by atoms with Crippen LogP contribution >= 0.6 is 0 Å². The molecule has 1 rings (SSSR count). The topological polar surface area (TPSA) is 79.3 Å². The van der Waals surface area contributed by atoms with E-state index in [1.807, 2.05) is 0 Å². The smallest absolute Gasteiger partial charge is 0.122 e. The van der Waals surface area contributed by atoms with Crippen LogP contribution in [0, 0.1) is 5.41 Å². The summed E-state index contributed by atoms with van der Waals surface area (Å²) in [7, 11) is 0. The highest BCUT2D eigenvalue weighted by molar-refractivity contribution is 5.94. The van der Waals surface area contributed by atoms with Crippen LogP contribution in [0.5, 0.6) is 5.75 Å². The summed E-state index contributed by atoms with van der Waals surface area (Å²) >= 11 is 0. The maximum atomic E-state index is 8.57. The highest BCUT2D eigenvalue weighted by Gasteiger charge is 1.97. The average molecular weight is 208 g/mol. The van der Waals surface area contributed by atoms with Gasteiger partial charge in [0.25, 0.3) is 0 Å². The largest absolute Gasteiger partial charge is 0.494 e. The molecule has 4 N–H and O–H groups in total. The zero-order valence-corrected chi connectivity index (χ0v) is 8.57. The lowest BCUT2D eigenvalue weighted by atomic mass is 10.2. The molecule has 0 saturated carbocycles. The molecule has 0 amide bonds. The van der Waals surface area contributed by atoms with Gasteiger partial charge in [0.2, 0.25) is 0 Å². The standard InChI is InChI=1S/C11H16N2O2/c12-11(13)9-3-5-10(6-4-9)15-8-2-1-7-14/h3-6,14H,1-2,7-8H2,(H3,12,13). The first-order chi connectivity index (χ1) is 7.24. The number of aliphatic hydroxyl groups excluding tert-OH is 1. The van der Waals surface area contributed by atoms with Crippen LogP contribution in [0.3, 0.4) is 0 Å². The van der Waals surface area contributed by atoms with Crippen LogP contribution in [0.1, 0.15) is 18.4 Å². The van der Waals surface area contributed by atoms with Gasteiger partial charge in [0.1, 0.15) is 11.6 Å². The number of nitrogens with one attached hydrogen (secondary N) is 1. The van der Waals surface area contributed by atoms with Crippen LogP contribution in [0.2, 0.25) is 0 Å². The van der Waals surface area contributed by atoms with E-state index < -0.39 is 0 Å². The Balaban J connectivity index is 2.39. The maximum Gasteiger partial charge on any atom is 0.122 e. The molecular formula is C11H16N2O2. The first-order valence-electron chi connectivity index (χ1n) is 4.92. The monoisotopic (exact) mass is 208 g/mol. The quantitative estimate of drug-likeness (QED) is 0.372. The third-order valence-corrected chi connectivity index (χ3v) is 1.99.